The zero-order valence-corrected chi connectivity index (χ0v) is 25.4. The lowest BCUT2D eigenvalue weighted by Gasteiger charge is -2.26. The molecule has 5 heterocycles. The summed E-state index contributed by atoms with van der Waals surface area (Å²) in [6.45, 7) is 1.02. The molecule has 11 heteroatoms. The van der Waals surface area contributed by atoms with Gasteiger partial charge in [-0.05, 0) is 60.0 Å². The maximum atomic E-state index is 13.8. The third-order valence-corrected chi connectivity index (χ3v) is 9.29. The Morgan fingerprint density at radius 1 is 0.935 bits per heavy atom. The third-order valence-electron chi connectivity index (χ3n) is 9.29. The van der Waals surface area contributed by atoms with Crippen LogP contribution in [0.4, 0.5) is 10.5 Å². The summed E-state index contributed by atoms with van der Waals surface area (Å²) in [5, 5.41) is 13.4. The van der Waals surface area contributed by atoms with Crippen molar-refractivity contribution in [1.29, 1.82) is 0 Å². The van der Waals surface area contributed by atoms with E-state index >= 15 is 0 Å². The van der Waals surface area contributed by atoms with Crippen molar-refractivity contribution in [2.75, 3.05) is 18.5 Å². The summed E-state index contributed by atoms with van der Waals surface area (Å²) >= 11 is 0. The molecule has 0 saturated carbocycles. The number of ether oxygens (including phenoxy) is 1. The highest BCUT2D eigenvalue weighted by Crippen LogP contribution is 2.45. The van der Waals surface area contributed by atoms with E-state index in [0.717, 1.165) is 70.0 Å². The van der Waals surface area contributed by atoms with E-state index in [0.29, 0.717) is 30.9 Å². The number of carbonyl (C=O) groups excluding carboxylic acids is 2. The molecule has 3 aliphatic rings. The molecule has 0 spiro atoms. The Hall–Kier alpha value is -5.29. The number of aryl methyl sites for hydroxylation is 1. The molecular weight excluding hydrogens is 580 g/mol. The lowest BCUT2D eigenvalue weighted by atomic mass is 10.0. The van der Waals surface area contributed by atoms with Crippen LogP contribution in [0.25, 0.3) is 33.8 Å². The number of alkyl carbamates (subject to hydrolysis) is 1. The van der Waals surface area contributed by atoms with E-state index in [-0.39, 0.29) is 18.0 Å². The Labute approximate surface area is 265 Å². The highest BCUT2D eigenvalue weighted by atomic mass is 16.6. The van der Waals surface area contributed by atoms with Crippen molar-refractivity contribution in [3.8, 4) is 33.8 Å². The number of rotatable bonds is 6. The molecule has 2 aromatic heterocycles. The van der Waals surface area contributed by atoms with Gasteiger partial charge in [-0.15, -0.1) is 0 Å². The minimum atomic E-state index is -0.862. The van der Waals surface area contributed by atoms with E-state index in [1.165, 1.54) is 7.05 Å². The van der Waals surface area contributed by atoms with E-state index in [1.54, 1.807) is 4.90 Å². The van der Waals surface area contributed by atoms with Gasteiger partial charge in [-0.25, -0.2) is 14.8 Å². The molecule has 11 nitrogen and oxygen atoms in total. The summed E-state index contributed by atoms with van der Waals surface area (Å²) in [5.74, 6) is 2.08. The molecule has 2 amide bonds. The molecule has 0 radical (unpaired) electrons. The predicted molar refractivity (Wildman–Crippen MR) is 173 cm³/mol. The average molecular weight is 615 g/mol. The zero-order chi connectivity index (χ0) is 31.2. The number of carbonyl (C=O) groups is 2. The van der Waals surface area contributed by atoms with Crippen LogP contribution in [0, 0.1) is 0 Å². The van der Waals surface area contributed by atoms with Gasteiger partial charge in [0.05, 0.1) is 29.7 Å². The number of nitrogens with one attached hydrogen (secondary N) is 4. The molecule has 3 aliphatic heterocycles. The third kappa shape index (κ3) is 5.02. The molecule has 5 aromatic rings. The smallest absolute Gasteiger partial charge is 0.407 e. The van der Waals surface area contributed by atoms with Gasteiger partial charge in [-0.2, -0.15) is 5.10 Å². The van der Waals surface area contributed by atoms with Crippen LogP contribution in [0.15, 0.2) is 72.9 Å². The highest BCUT2D eigenvalue weighted by Gasteiger charge is 2.43. The maximum absolute atomic E-state index is 13.8. The molecule has 46 heavy (non-hydrogen) atoms. The van der Waals surface area contributed by atoms with Crippen LogP contribution in [-0.2, 0) is 22.4 Å². The first-order valence-corrected chi connectivity index (χ1v) is 15.8. The summed E-state index contributed by atoms with van der Waals surface area (Å²) in [4.78, 5) is 40.5. The van der Waals surface area contributed by atoms with E-state index in [9.17, 15) is 9.59 Å². The second kappa shape index (κ2) is 11.6. The molecule has 3 atom stereocenters. The summed E-state index contributed by atoms with van der Waals surface area (Å²) in [7, 11) is 1.49. The molecule has 8 rings (SSSR count). The van der Waals surface area contributed by atoms with Crippen LogP contribution in [0.5, 0.6) is 0 Å². The lowest BCUT2D eigenvalue weighted by Crippen LogP contribution is -2.42. The number of para-hydroxylation sites is 1. The van der Waals surface area contributed by atoms with Crippen molar-refractivity contribution in [3.63, 3.8) is 0 Å². The molecule has 232 valence electrons. The predicted octanol–water partition coefficient (Wildman–Crippen LogP) is 5.25. The van der Waals surface area contributed by atoms with Crippen LogP contribution in [0.2, 0.25) is 0 Å². The van der Waals surface area contributed by atoms with Crippen molar-refractivity contribution in [2.45, 2.75) is 50.3 Å². The molecule has 1 fully saturated rings. The molecule has 0 aliphatic carbocycles. The molecular formula is C35H34N8O3. The number of imidazole rings is 1. The fourth-order valence-electron chi connectivity index (χ4n) is 6.91. The summed E-state index contributed by atoms with van der Waals surface area (Å²) in [5.41, 5.74) is 8.12. The van der Waals surface area contributed by atoms with Gasteiger partial charge in [0.2, 0.25) is 0 Å². The van der Waals surface area contributed by atoms with Crippen molar-refractivity contribution >= 4 is 17.7 Å². The van der Waals surface area contributed by atoms with Gasteiger partial charge in [-0.3, -0.25) is 14.8 Å². The number of H-pyrrole nitrogens is 2. The Morgan fingerprint density at radius 3 is 2.41 bits per heavy atom. The monoisotopic (exact) mass is 614 g/mol. The van der Waals surface area contributed by atoms with Crippen LogP contribution >= 0.6 is 0 Å². The Balaban J connectivity index is 1.00. The van der Waals surface area contributed by atoms with Gasteiger partial charge < -0.3 is 20.4 Å². The Morgan fingerprint density at radius 2 is 1.67 bits per heavy atom. The van der Waals surface area contributed by atoms with E-state index in [2.05, 4.69) is 80.4 Å². The highest BCUT2D eigenvalue weighted by molar-refractivity contribution is 6.01. The van der Waals surface area contributed by atoms with Crippen LogP contribution < -0.4 is 15.5 Å². The molecule has 1 saturated heterocycles. The number of amides is 2. The zero-order valence-electron chi connectivity index (χ0n) is 25.4. The number of hydrogen-bond acceptors (Lipinski definition) is 7. The number of aromatic nitrogens is 5. The molecule has 0 bridgehead atoms. The van der Waals surface area contributed by atoms with Crippen LogP contribution in [0.3, 0.4) is 0 Å². The Kier molecular flexibility index (Phi) is 7.09. The second-order valence-electron chi connectivity index (χ2n) is 12.1. The number of nitrogens with zero attached hydrogens (tertiary/aromatic N) is 4. The first-order chi connectivity index (χ1) is 22.6. The number of aromatic amines is 2. The molecule has 3 aromatic carbocycles. The van der Waals surface area contributed by atoms with Gasteiger partial charge in [0.15, 0.2) is 11.9 Å². The van der Waals surface area contributed by atoms with Gasteiger partial charge in [0, 0.05) is 19.0 Å². The summed E-state index contributed by atoms with van der Waals surface area (Å²) in [6.07, 6.45) is 4.29. The van der Waals surface area contributed by atoms with Crippen molar-refractivity contribution < 1.29 is 14.3 Å². The summed E-state index contributed by atoms with van der Waals surface area (Å²) < 4.78 is 5.49. The maximum Gasteiger partial charge on any atom is 0.407 e. The fraction of sp³-hybridized carbons (Fsp3) is 0.286. The van der Waals surface area contributed by atoms with Crippen LogP contribution in [0.1, 0.15) is 54.1 Å². The van der Waals surface area contributed by atoms with Crippen molar-refractivity contribution in [2.24, 2.45) is 0 Å². The molecule has 0 unspecified atom stereocenters. The largest absolute Gasteiger partial charge is 0.436 e. The van der Waals surface area contributed by atoms with Gasteiger partial charge in [0.25, 0.3) is 5.91 Å². The first-order valence-electron chi connectivity index (χ1n) is 15.8. The SMILES string of the molecule is CNC(=O)O[C@H]1CCc2cccc3c2N(C1=O)[C@H](c1ncc(-c2ccc(-c4ccc(-c5n[nH]c([C@@H]6CCCN6)n5)cc4)cc2)[nH]1)C3. The minimum absolute atomic E-state index is 0.222. The van der Waals surface area contributed by atoms with Gasteiger partial charge in [0.1, 0.15) is 11.6 Å². The molecule has 4 N–H and O–H groups in total. The van der Waals surface area contributed by atoms with E-state index in [4.69, 9.17) is 14.7 Å². The minimum Gasteiger partial charge on any atom is -0.436 e. The second-order valence-corrected chi connectivity index (χ2v) is 12.1. The van der Waals surface area contributed by atoms with Gasteiger partial charge in [-0.1, -0.05) is 66.7 Å². The number of anilines is 1. The Bertz CT molecular complexity index is 1910. The van der Waals surface area contributed by atoms with Crippen molar-refractivity contribution in [3.05, 3.63) is 95.7 Å². The quantitative estimate of drug-likeness (QED) is 0.205. The van der Waals surface area contributed by atoms with Crippen molar-refractivity contribution in [1.82, 2.24) is 35.8 Å². The lowest BCUT2D eigenvalue weighted by molar-refractivity contribution is -0.127. The van der Waals surface area contributed by atoms with Crippen LogP contribution in [-0.4, -0.2) is 56.8 Å². The average Bonchev–Trinajstić information content (AvgIpc) is 3.91. The van der Waals surface area contributed by atoms with E-state index < -0.39 is 12.2 Å². The fourth-order valence-corrected chi connectivity index (χ4v) is 6.91. The first kappa shape index (κ1) is 28.2. The number of hydrogen-bond donors (Lipinski definition) is 4. The van der Waals surface area contributed by atoms with E-state index in [1.807, 2.05) is 18.3 Å². The normalized spacial score (nSPS) is 20.4. The van der Waals surface area contributed by atoms with Gasteiger partial charge >= 0.3 is 6.09 Å². The summed E-state index contributed by atoms with van der Waals surface area (Å²) in [6, 6.07) is 22.7. The topological polar surface area (TPSA) is 141 Å². The standard InChI is InChI=1S/C35H34N8O3/c1-36-35(45)46-29-16-15-23-4-2-5-25-18-28(43(30(23)25)34(29)44)33-38-19-27(39-33)22-11-7-20(8-12-22)21-9-13-24(14-10-21)31-40-32(42-41-31)26-6-3-17-37-26/h2,4-5,7-14,19,26,28-29,37H,3,6,15-18H2,1H3,(H,36,45)(H,38,39)(H,40,41,42)/t26-,28-,29-/m0/s1. The number of benzene rings is 3.